The Morgan fingerprint density at radius 3 is 1.89 bits per heavy atom. The normalized spacial score (nSPS) is 15.6. The summed E-state index contributed by atoms with van der Waals surface area (Å²) in [5.74, 6) is -0.114. The summed E-state index contributed by atoms with van der Waals surface area (Å²) >= 11 is 0. The quantitative estimate of drug-likeness (QED) is 0.130. The fourth-order valence-corrected chi connectivity index (χ4v) is 6.37. The first-order chi connectivity index (χ1) is 24.1. The third-order valence-electron chi connectivity index (χ3n) is 9.14. The van der Waals surface area contributed by atoms with Crippen molar-refractivity contribution in [2.75, 3.05) is 26.4 Å². The molecule has 0 radical (unpaired) electrons. The summed E-state index contributed by atoms with van der Waals surface area (Å²) in [6.45, 7) is 23.0. The molecular formula is C41H59F3O9. The molecule has 3 atom stereocenters. The number of ether oxygens (including phenoxy) is 5. The summed E-state index contributed by atoms with van der Waals surface area (Å²) in [4.78, 5) is 13.2. The van der Waals surface area contributed by atoms with Gasteiger partial charge in [-0.2, -0.15) is 0 Å². The Morgan fingerprint density at radius 2 is 1.34 bits per heavy atom. The maximum absolute atomic E-state index is 13.2. The number of halogens is 3. The van der Waals surface area contributed by atoms with Crippen LogP contribution in [-0.2, 0) is 19.0 Å². The highest BCUT2D eigenvalue weighted by atomic mass is 19.4. The smallest absolute Gasteiger partial charge is 0.491 e. The Labute approximate surface area is 312 Å². The van der Waals surface area contributed by atoms with E-state index in [1.54, 1.807) is 37.3 Å². The monoisotopic (exact) mass is 752 g/mol. The molecule has 0 saturated heterocycles. The van der Waals surface area contributed by atoms with E-state index in [-0.39, 0.29) is 60.3 Å². The van der Waals surface area contributed by atoms with Gasteiger partial charge < -0.3 is 38.3 Å². The molecule has 0 bridgehead atoms. The lowest BCUT2D eigenvalue weighted by Crippen LogP contribution is -2.45. The number of esters is 1. The second kappa shape index (κ2) is 16.6. The molecular weight excluding hydrogens is 693 g/mol. The molecule has 1 aromatic heterocycles. The minimum absolute atomic E-state index is 0.0364. The van der Waals surface area contributed by atoms with Crippen molar-refractivity contribution in [2.24, 2.45) is 16.2 Å². The van der Waals surface area contributed by atoms with Gasteiger partial charge in [-0.15, -0.1) is 13.2 Å². The summed E-state index contributed by atoms with van der Waals surface area (Å²) in [5.41, 5.74) is -1.49. The maximum Gasteiger partial charge on any atom is 0.573 e. The van der Waals surface area contributed by atoms with Crippen molar-refractivity contribution in [3.63, 3.8) is 0 Å². The maximum atomic E-state index is 13.2. The predicted octanol–water partition coefficient (Wildman–Crippen LogP) is 9.42. The third-order valence-corrected chi connectivity index (χ3v) is 9.14. The minimum Gasteiger partial charge on any atom is -0.491 e. The number of benzene rings is 2. The zero-order valence-electron chi connectivity index (χ0n) is 33.3. The molecule has 53 heavy (non-hydrogen) atoms. The average Bonchev–Trinajstić information content (AvgIpc) is 3.41. The lowest BCUT2D eigenvalue weighted by Gasteiger charge is -2.43. The van der Waals surface area contributed by atoms with Gasteiger partial charge in [0.2, 0.25) is 0 Å². The summed E-state index contributed by atoms with van der Waals surface area (Å²) in [6.07, 6.45) is -5.81. The van der Waals surface area contributed by atoms with Gasteiger partial charge in [0.05, 0.1) is 35.4 Å². The van der Waals surface area contributed by atoms with Crippen LogP contribution >= 0.6 is 0 Å². The second-order valence-electron chi connectivity index (χ2n) is 17.7. The highest BCUT2D eigenvalue weighted by Crippen LogP contribution is 2.47. The molecule has 1 heterocycles. The van der Waals surface area contributed by atoms with Crippen molar-refractivity contribution < 1.29 is 56.3 Å². The van der Waals surface area contributed by atoms with Crippen LogP contribution in [0.4, 0.5) is 13.2 Å². The van der Waals surface area contributed by atoms with E-state index < -0.39 is 35.2 Å². The van der Waals surface area contributed by atoms with Crippen LogP contribution in [0.2, 0.25) is 0 Å². The molecule has 2 N–H and O–H groups in total. The van der Waals surface area contributed by atoms with E-state index in [1.807, 2.05) is 55.4 Å². The molecule has 0 fully saturated rings. The third kappa shape index (κ3) is 13.5. The molecule has 3 rings (SSSR count). The van der Waals surface area contributed by atoms with E-state index in [0.717, 1.165) is 0 Å². The van der Waals surface area contributed by atoms with E-state index in [1.165, 1.54) is 12.1 Å². The number of aliphatic hydroxyl groups is 2. The highest BCUT2D eigenvalue weighted by Gasteiger charge is 2.48. The number of hydrogen-bond acceptors (Lipinski definition) is 9. The SMILES string of the molecule is Cc1ccc(-c2cc3ccc(OCC(O)COC(C)(C)CC(C)(C)OCC(O)COC(=O)C(C)(CC(C)(C)C)C(C)(C)C)cc3o2)c(OC(F)(F)F)c1. The number of furan rings is 1. The van der Waals surface area contributed by atoms with E-state index in [0.29, 0.717) is 35.1 Å². The molecule has 3 unspecified atom stereocenters. The number of hydrogen-bond donors (Lipinski definition) is 2. The van der Waals surface area contributed by atoms with Crippen LogP contribution in [0.3, 0.4) is 0 Å². The van der Waals surface area contributed by atoms with Crippen LogP contribution < -0.4 is 9.47 Å². The molecule has 0 aliphatic heterocycles. The van der Waals surface area contributed by atoms with Crippen molar-refractivity contribution in [1.82, 2.24) is 0 Å². The Balaban J connectivity index is 1.49. The zero-order valence-corrected chi connectivity index (χ0v) is 33.3. The molecule has 9 nitrogen and oxygen atoms in total. The zero-order chi connectivity index (χ0) is 40.2. The van der Waals surface area contributed by atoms with Gasteiger partial charge in [-0.1, -0.05) is 47.6 Å². The van der Waals surface area contributed by atoms with Crippen molar-refractivity contribution in [2.45, 2.75) is 126 Å². The molecule has 0 amide bonds. The van der Waals surface area contributed by atoms with Gasteiger partial charge in [0.15, 0.2) is 0 Å². The van der Waals surface area contributed by atoms with Gasteiger partial charge in [0.25, 0.3) is 0 Å². The van der Waals surface area contributed by atoms with Gasteiger partial charge in [0, 0.05) is 17.9 Å². The van der Waals surface area contributed by atoms with Gasteiger partial charge in [-0.05, 0) is 94.7 Å². The fraction of sp³-hybridized carbons (Fsp3) is 0.634. The highest BCUT2D eigenvalue weighted by molar-refractivity contribution is 5.85. The van der Waals surface area contributed by atoms with E-state index in [9.17, 15) is 28.2 Å². The number of fused-ring (bicyclic) bond motifs is 1. The molecule has 0 spiro atoms. The standard InChI is InChI=1S/C41H59F3O9/c1-26-13-16-31(34(17-26)53-41(42,43)44)33-18-27-14-15-30(19-32(27)52-33)48-20-28(45)22-50-38(8,9)25-39(10,11)51-23-29(46)21-49-35(47)40(12,37(5,6)7)24-36(2,3)4/h13-19,28-29,45-46H,20-25H2,1-12H3. The van der Waals surface area contributed by atoms with Crippen LogP contribution in [0, 0.1) is 23.2 Å². The van der Waals surface area contributed by atoms with Gasteiger partial charge in [-0.25, -0.2) is 0 Å². The second-order valence-corrected chi connectivity index (χ2v) is 17.7. The number of aliphatic hydroxyl groups excluding tert-OH is 2. The van der Waals surface area contributed by atoms with Crippen LogP contribution in [0.1, 0.15) is 94.6 Å². The van der Waals surface area contributed by atoms with E-state index >= 15 is 0 Å². The largest absolute Gasteiger partial charge is 0.573 e. The Morgan fingerprint density at radius 1 is 0.755 bits per heavy atom. The fourth-order valence-electron chi connectivity index (χ4n) is 6.37. The van der Waals surface area contributed by atoms with E-state index in [2.05, 4.69) is 25.5 Å². The molecule has 0 saturated carbocycles. The molecule has 2 aromatic carbocycles. The van der Waals surface area contributed by atoms with E-state index in [4.69, 9.17) is 23.4 Å². The van der Waals surface area contributed by atoms with Crippen LogP contribution in [0.25, 0.3) is 22.3 Å². The van der Waals surface area contributed by atoms with Crippen molar-refractivity contribution >= 4 is 16.9 Å². The number of rotatable bonds is 17. The molecule has 3 aromatic rings. The lowest BCUT2D eigenvalue weighted by atomic mass is 9.61. The van der Waals surface area contributed by atoms with Crippen LogP contribution in [-0.4, -0.2) is 72.4 Å². The Kier molecular flexibility index (Phi) is 13.8. The predicted molar refractivity (Wildman–Crippen MR) is 198 cm³/mol. The van der Waals surface area contributed by atoms with Gasteiger partial charge in [0.1, 0.15) is 48.3 Å². The molecule has 0 aliphatic rings. The molecule has 0 aliphatic carbocycles. The lowest BCUT2D eigenvalue weighted by molar-refractivity contribution is -0.274. The molecule has 298 valence electrons. The number of alkyl halides is 3. The van der Waals surface area contributed by atoms with Crippen molar-refractivity contribution in [3.8, 4) is 22.8 Å². The van der Waals surface area contributed by atoms with Crippen LogP contribution in [0.5, 0.6) is 11.5 Å². The summed E-state index contributed by atoms with van der Waals surface area (Å²) in [6, 6.07) is 11.1. The number of carbonyl (C=O) groups is 1. The first-order valence-corrected chi connectivity index (χ1v) is 17.9. The first kappa shape index (κ1) is 44.1. The Bertz CT molecular complexity index is 1660. The van der Waals surface area contributed by atoms with Gasteiger partial charge in [-0.3, -0.25) is 4.79 Å². The number of carbonyl (C=O) groups excluding carboxylic acids is 1. The average molecular weight is 753 g/mol. The summed E-state index contributed by atoms with van der Waals surface area (Å²) in [7, 11) is 0. The minimum atomic E-state index is -4.86. The van der Waals surface area contributed by atoms with Gasteiger partial charge >= 0.3 is 12.3 Å². The topological polar surface area (TPSA) is 117 Å². The Hall–Kier alpha value is -3.32. The van der Waals surface area contributed by atoms with Crippen molar-refractivity contribution in [3.05, 3.63) is 48.0 Å². The summed E-state index contributed by atoms with van der Waals surface area (Å²) in [5, 5.41) is 21.9. The number of aryl methyl sites for hydroxylation is 1. The molecule has 12 heteroatoms. The first-order valence-electron chi connectivity index (χ1n) is 17.9. The van der Waals surface area contributed by atoms with Crippen molar-refractivity contribution in [1.29, 1.82) is 0 Å². The van der Waals surface area contributed by atoms with Crippen LogP contribution in [0.15, 0.2) is 46.9 Å². The summed E-state index contributed by atoms with van der Waals surface area (Å²) < 4.78 is 72.7.